The Morgan fingerprint density at radius 3 is 2.14 bits per heavy atom. The monoisotopic (exact) mass is 397 g/mol. The number of anilines is 2. The molecule has 0 heterocycles. The van der Waals surface area contributed by atoms with Crippen LogP contribution in [0, 0.1) is 0 Å². The van der Waals surface area contributed by atoms with Gasteiger partial charge in [-0.3, -0.25) is 5.43 Å². The number of nitrogens with zero attached hydrogens (tertiary/aromatic N) is 2. The Bertz CT molecular complexity index is 918. The molecule has 0 aliphatic carbocycles. The second kappa shape index (κ2) is 9.28. The molecule has 0 atom stereocenters. The minimum Gasteiger partial charge on any atom is -0.367 e. The molecule has 0 unspecified atom stereocenters. The van der Waals surface area contributed by atoms with Gasteiger partial charge >= 0.3 is 6.18 Å². The van der Waals surface area contributed by atoms with Crippen molar-refractivity contribution in [3.05, 3.63) is 95.6 Å². The van der Waals surface area contributed by atoms with Crippen LogP contribution in [0.3, 0.4) is 0 Å². The molecule has 29 heavy (non-hydrogen) atoms. The standard InChI is InChI=1S/C23H22F3N3/c1-2-29(17-19-6-4-3-5-7-19)22-14-8-18(9-15-22)16-27-28-21-12-10-20(11-13-21)23(24,25)26/h3-16,28H,2,17H2,1H3. The van der Waals surface area contributed by atoms with Gasteiger partial charge in [0, 0.05) is 18.8 Å². The first-order chi connectivity index (χ1) is 14.0. The summed E-state index contributed by atoms with van der Waals surface area (Å²) < 4.78 is 37.7. The third kappa shape index (κ3) is 5.85. The van der Waals surface area contributed by atoms with Crippen molar-refractivity contribution in [2.24, 2.45) is 5.10 Å². The van der Waals surface area contributed by atoms with Gasteiger partial charge in [0.25, 0.3) is 0 Å². The molecule has 1 N–H and O–H groups in total. The summed E-state index contributed by atoms with van der Waals surface area (Å²) in [7, 11) is 0. The number of nitrogens with one attached hydrogen (secondary N) is 1. The lowest BCUT2D eigenvalue weighted by molar-refractivity contribution is -0.137. The summed E-state index contributed by atoms with van der Waals surface area (Å²) in [4.78, 5) is 2.27. The molecular formula is C23H22F3N3. The van der Waals surface area contributed by atoms with Gasteiger partial charge in [-0.1, -0.05) is 42.5 Å². The quantitative estimate of drug-likeness (QED) is 0.381. The SMILES string of the molecule is CCN(Cc1ccccc1)c1ccc(C=NNc2ccc(C(F)(F)F)cc2)cc1. The van der Waals surface area contributed by atoms with Gasteiger partial charge in [-0.05, 0) is 54.4 Å². The Morgan fingerprint density at radius 2 is 1.55 bits per heavy atom. The molecule has 0 bridgehead atoms. The Balaban J connectivity index is 1.59. The molecule has 3 aromatic rings. The molecule has 0 aromatic heterocycles. The molecule has 0 fully saturated rings. The van der Waals surface area contributed by atoms with E-state index in [0.29, 0.717) is 5.69 Å². The summed E-state index contributed by atoms with van der Waals surface area (Å²) >= 11 is 0. The summed E-state index contributed by atoms with van der Waals surface area (Å²) in [6, 6.07) is 23.0. The van der Waals surface area contributed by atoms with Crippen LogP contribution < -0.4 is 10.3 Å². The first kappa shape index (κ1) is 20.5. The van der Waals surface area contributed by atoms with Crippen LogP contribution in [0.2, 0.25) is 0 Å². The molecule has 0 saturated heterocycles. The van der Waals surface area contributed by atoms with E-state index in [1.807, 2.05) is 42.5 Å². The van der Waals surface area contributed by atoms with Crippen LogP contribution in [-0.2, 0) is 12.7 Å². The van der Waals surface area contributed by atoms with Gasteiger partial charge < -0.3 is 4.90 Å². The Hall–Kier alpha value is -3.28. The summed E-state index contributed by atoms with van der Waals surface area (Å²) in [6.07, 6.45) is -2.70. The maximum absolute atomic E-state index is 12.6. The molecule has 0 aliphatic rings. The predicted octanol–water partition coefficient (Wildman–Crippen LogP) is 6.18. The number of hydrazone groups is 1. The highest BCUT2D eigenvalue weighted by molar-refractivity contribution is 5.81. The fraction of sp³-hybridized carbons (Fsp3) is 0.174. The van der Waals surface area contributed by atoms with Gasteiger partial charge in [0.1, 0.15) is 0 Å². The Kier molecular flexibility index (Phi) is 6.54. The fourth-order valence-corrected chi connectivity index (χ4v) is 2.88. The molecule has 0 radical (unpaired) electrons. The van der Waals surface area contributed by atoms with Gasteiger partial charge in [-0.15, -0.1) is 0 Å². The largest absolute Gasteiger partial charge is 0.416 e. The van der Waals surface area contributed by atoms with Crippen LogP contribution in [0.15, 0.2) is 84.0 Å². The Morgan fingerprint density at radius 1 is 0.897 bits per heavy atom. The van der Waals surface area contributed by atoms with Crippen molar-refractivity contribution in [2.75, 3.05) is 16.9 Å². The van der Waals surface area contributed by atoms with Crippen LogP contribution in [-0.4, -0.2) is 12.8 Å². The normalized spacial score (nSPS) is 11.6. The molecule has 6 heteroatoms. The van der Waals surface area contributed by atoms with Crippen LogP contribution in [0.25, 0.3) is 0 Å². The van der Waals surface area contributed by atoms with Crippen molar-refractivity contribution in [3.8, 4) is 0 Å². The zero-order valence-corrected chi connectivity index (χ0v) is 16.0. The summed E-state index contributed by atoms with van der Waals surface area (Å²) in [5.41, 5.74) is 5.81. The molecule has 3 aromatic carbocycles. The van der Waals surface area contributed by atoms with E-state index in [1.165, 1.54) is 17.7 Å². The highest BCUT2D eigenvalue weighted by atomic mass is 19.4. The van der Waals surface area contributed by atoms with Crippen LogP contribution in [0.5, 0.6) is 0 Å². The molecule has 0 aliphatic heterocycles. The van der Waals surface area contributed by atoms with E-state index in [4.69, 9.17) is 0 Å². The van der Waals surface area contributed by atoms with Crippen molar-refractivity contribution in [2.45, 2.75) is 19.6 Å². The van der Waals surface area contributed by atoms with Crippen molar-refractivity contribution in [1.82, 2.24) is 0 Å². The Labute approximate surface area is 168 Å². The third-order valence-corrected chi connectivity index (χ3v) is 4.48. The van der Waals surface area contributed by atoms with Crippen molar-refractivity contribution in [1.29, 1.82) is 0 Å². The van der Waals surface area contributed by atoms with E-state index >= 15 is 0 Å². The minimum atomic E-state index is -4.34. The zero-order chi connectivity index (χ0) is 20.7. The smallest absolute Gasteiger partial charge is 0.367 e. The molecule has 3 nitrogen and oxygen atoms in total. The highest BCUT2D eigenvalue weighted by Gasteiger charge is 2.29. The average Bonchev–Trinajstić information content (AvgIpc) is 2.73. The molecule has 150 valence electrons. The molecule has 0 amide bonds. The summed E-state index contributed by atoms with van der Waals surface area (Å²) in [5.74, 6) is 0. The van der Waals surface area contributed by atoms with E-state index in [9.17, 15) is 13.2 Å². The van der Waals surface area contributed by atoms with E-state index in [1.54, 1.807) is 6.21 Å². The minimum absolute atomic E-state index is 0.492. The predicted molar refractivity (Wildman–Crippen MR) is 112 cm³/mol. The van der Waals surface area contributed by atoms with Gasteiger partial charge in [-0.2, -0.15) is 18.3 Å². The molecule has 0 spiro atoms. The van der Waals surface area contributed by atoms with Crippen molar-refractivity contribution in [3.63, 3.8) is 0 Å². The van der Waals surface area contributed by atoms with Gasteiger partial charge in [0.2, 0.25) is 0 Å². The number of rotatable bonds is 7. The second-order valence-electron chi connectivity index (χ2n) is 6.54. The van der Waals surface area contributed by atoms with E-state index in [2.05, 4.69) is 34.5 Å². The van der Waals surface area contributed by atoms with E-state index in [-0.39, 0.29) is 0 Å². The lowest BCUT2D eigenvalue weighted by Gasteiger charge is -2.23. The summed E-state index contributed by atoms with van der Waals surface area (Å²) in [5, 5.41) is 4.10. The number of hydrogen-bond acceptors (Lipinski definition) is 3. The number of alkyl halides is 3. The van der Waals surface area contributed by atoms with Crippen LogP contribution in [0.1, 0.15) is 23.6 Å². The summed E-state index contributed by atoms with van der Waals surface area (Å²) in [6.45, 7) is 3.84. The zero-order valence-electron chi connectivity index (χ0n) is 16.0. The van der Waals surface area contributed by atoms with Crippen molar-refractivity contribution < 1.29 is 13.2 Å². The molecular weight excluding hydrogens is 375 g/mol. The lowest BCUT2D eigenvalue weighted by Crippen LogP contribution is -2.21. The number of halogens is 3. The second-order valence-corrected chi connectivity index (χ2v) is 6.54. The topological polar surface area (TPSA) is 27.6 Å². The fourth-order valence-electron chi connectivity index (χ4n) is 2.88. The third-order valence-electron chi connectivity index (χ3n) is 4.48. The first-order valence-corrected chi connectivity index (χ1v) is 9.31. The van der Waals surface area contributed by atoms with Crippen LogP contribution >= 0.6 is 0 Å². The number of hydrogen-bond donors (Lipinski definition) is 1. The van der Waals surface area contributed by atoms with Crippen molar-refractivity contribution >= 4 is 17.6 Å². The van der Waals surface area contributed by atoms with Gasteiger partial charge in [-0.25, -0.2) is 0 Å². The highest BCUT2D eigenvalue weighted by Crippen LogP contribution is 2.29. The first-order valence-electron chi connectivity index (χ1n) is 9.31. The number of benzene rings is 3. The maximum atomic E-state index is 12.6. The van der Waals surface area contributed by atoms with Crippen LogP contribution in [0.4, 0.5) is 24.5 Å². The molecule has 3 rings (SSSR count). The average molecular weight is 397 g/mol. The van der Waals surface area contributed by atoms with E-state index in [0.717, 1.165) is 36.5 Å². The lowest BCUT2D eigenvalue weighted by atomic mass is 10.1. The molecule has 0 saturated carbocycles. The van der Waals surface area contributed by atoms with E-state index < -0.39 is 11.7 Å². The van der Waals surface area contributed by atoms with Gasteiger partial charge in [0.05, 0.1) is 17.5 Å². The van der Waals surface area contributed by atoms with Gasteiger partial charge in [0.15, 0.2) is 0 Å². The maximum Gasteiger partial charge on any atom is 0.416 e.